The maximum absolute atomic E-state index is 5.21. The molecule has 92 valence electrons. The lowest BCUT2D eigenvalue weighted by Crippen LogP contribution is -2.29. The van der Waals surface area contributed by atoms with Crippen LogP contribution in [0, 0.1) is 0 Å². The summed E-state index contributed by atoms with van der Waals surface area (Å²) in [5, 5.41) is 4.43. The second-order valence-corrected chi connectivity index (χ2v) is 5.75. The molecule has 0 saturated heterocycles. The molecule has 17 heavy (non-hydrogen) atoms. The summed E-state index contributed by atoms with van der Waals surface area (Å²) in [6, 6.07) is 5.96. The van der Waals surface area contributed by atoms with Gasteiger partial charge in [-0.25, -0.2) is 4.98 Å². The van der Waals surface area contributed by atoms with Gasteiger partial charge in [-0.05, 0) is 38.5 Å². The SMILES string of the molecule is CCC(C)(C)Nc1nc2ccc(OC)cc2s1. The van der Waals surface area contributed by atoms with Crippen molar-refractivity contribution < 1.29 is 4.74 Å². The number of hydrogen-bond donors (Lipinski definition) is 1. The number of thiazole rings is 1. The molecule has 2 rings (SSSR count). The number of anilines is 1. The molecule has 4 heteroatoms. The van der Waals surface area contributed by atoms with Crippen molar-refractivity contribution in [2.45, 2.75) is 32.7 Å². The Kier molecular flexibility index (Phi) is 3.24. The van der Waals surface area contributed by atoms with Crippen LogP contribution in [0.25, 0.3) is 10.2 Å². The molecule has 0 amide bonds. The Morgan fingerprint density at radius 1 is 1.41 bits per heavy atom. The lowest BCUT2D eigenvalue weighted by atomic mass is 10.0. The summed E-state index contributed by atoms with van der Waals surface area (Å²) in [7, 11) is 1.68. The molecule has 0 aliphatic carbocycles. The van der Waals surface area contributed by atoms with Gasteiger partial charge in [0.1, 0.15) is 5.75 Å². The summed E-state index contributed by atoms with van der Waals surface area (Å²) in [6.07, 6.45) is 1.06. The van der Waals surface area contributed by atoms with Gasteiger partial charge in [0.2, 0.25) is 0 Å². The third kappa shape index (κ3) is 2.69. The van der Waals surface area contributed by atoms with Crippen LogP contribution in [-0.2, 0) is 0 Å². The molecule has 1 N–H and O–H groups in total. The van der Waals surface area contributed by atoms with Crippen LogP contribution in [0.1, 0.15) is 27.2 Å². The van der Waals surface area contributed by atoms with Crippen molar-refractivity contribution in [2.75, 3.05) is 12.4 Å². The Hall–Kier alpha value is -1.29. The lowest BCUT2D eigenvalue weighted by Gasteiger charge is -2.23. The predicted molar refractivity (Wildman–Crippen MR) is 74.2 cm³/mol. The number of nitrogens with zero attached hydrogens (tertiary/aromatic N) is 1. The molecule has 1 heterocycles. The molecule has 0 fully saturated rings. The van der Waals surface area contributed by atoms with Crippen LogP contribution < -0.4 is 10.1 Å². The van der Waals surface area contributed by atoms with Crippen LogP contribution >= 0.6 is 11.3 Å². The Morgan fingerprint density at radius 2 is 2.18 bits per heavy atom. The fourth-order valence-electron chi connectivity index (χ4n) is 1.46. The van der Waals surface area contributed by atoms with E-state index in [0.29, 0.717) is 0 Å². The highest BCUT2D eigenvalue weighted by molar-refractivity contribution is 7.22. The number of aromatic nitrogens is 1. The summed E-state index contributed by atoms with van der Waals surface area (Å²) < 4.78 is 6.36. The first-order valence-electron chi connectivity index (χ1n) is 5.77. The molecule has 1 aromatic carbocycles. The van der Waals surface area contributed by atoms with Crippen molar-refractivity contribution in [3.05, 3.63) is 18.2 Å². The summed E-state index contributed by atoms with van der Waals surface area (Å²) >= 11 is 1.67. The van der Waals surface area contributed by atoms with Gasteiger partial charge in [0.25, 0.3) is 0 Å². The van der Waals surface area contributed by atoms with E-state index >= 15 is 0 Å². The van der Waals surface area contributed by atoms with E-state index in [2.05, 4.69) is 31.1 Å². The van der Waals surface area contributed by atoms with Crippen LogP contribution in [0.2, 0.25) is 0 Å². The highest BCUT2D eigenvalue weighted by atomic mass is 32.1. The number of nitrogens with one attached hydrogen (secondary N) is 1. The summed E-state index contributed by atoms with van der Waals surface area (Å²) in [6.45, 7) is 6.53. The van der Waals surface area contributed by atoms with E-state index in [1.807, 2.05) is 18.2 Å². The molecule has 0 radical (unpaired) electrons. The van der Waals surface area contributed by atoms with Gasteiger partial charge in [0.05, 0.1) is 17.3 Å². The van der Waals surface area contributed by atoms with Crippen molar-refractivity contribution >= 4 is 26.7 Å². The highest BCUT2D eigenvalue weighted by Gasteiger charge is 2.16. The second-order valence-electron chi connectivity index (χ2n) is 4.72. The minimum Gasteiger partial charge on any atom is -0.497 e. The van der Waals surface area contributed by atoms with E-state index in [0.717, 1.165) is 27.5 Å². The average Bonchev–Trinajstić information content (AvgIpc) is 2.68. The largest absolute Gasteiger partial charge is 0.497 e. The number of fused-ring (bicyclic) bond motifs is 1. The van der Waals surface area contributed by atoms with E-state index in [1.165, 1.54) is 0 Å². The monoisotopic (exact) mass is 250 g/mol. The highest BCUT2D eigenvalue weighted by Crippen LogP contribution is 2.31. The summed E-state index contributed by atoms with van der Waals surface area (Å²) in [5.74, 6) is 0.877. The van der Waals surface area contributed by atoms with Gasteiger partial charge < -0.3 is 10.1 Å². The van der Waals surface area contributed by atoms with Crippen LogP contribution in [0.4, 0.5) is 5.13 Å². The average molecular weight is 250 g/mol. The zero-order valence-corrected chi connectivity index (χ0v) is 11.5. The second kappa shape index (κ2) is 4.53. The number of methoxy groups -OCH3 is 1. The van der Waals surface area contributed by atoms with Gasteiger partial charge in [0, 0.05) is 5.54 Å². The molecule has 0 atom stereocenters. The van der Waals surface area contributed by atoms with E-state index in [-0.39, 0.29) is 5.54 Å². The van der Waals surface area contributed by atoms with Crippen LogP contribution in [0.5, 0.6) is 5.75 Å². The van der Waals surface area contributed by atoms with E-state index < -0.39 is 0 Å². The Bertz CT molecular complexity index is 519. The first kappa shape index (κ1) is 12.2. The van der Waals surface area contributed by atoms with Gasteiger partial charge >= 0.3 is 0 Å². The van der Waals surface area contributed by atoms with Gasteiger partial charge in [0.15, 0.2) is 5.13 Å². The third-order valence-corrected chi connectivity index (χ3v) is 3.86. The molecule has 0 bridgehead atoms. The predicted octanol–water partition coefficient (Wildman–Crippen LogP) is 3.91. The lowest BCUT2D eigenvalue weighted by molar-refractivity contribution is 0.415. The molecule has 0 spiro atoms. The zero-order chi connectivity index (χ0) is 12.5. The quantitative estimate of drug-likeness (QED) is 0.893. The Morgan fingerprint density at radius 3 is 2.82 bits per heavy atom. The zero-order valence-electron chi connectivity index (χ0n) is 10.7. The Labute approximate surface area is 106 Å². The van der Waals surface area contributed by atoms with Gasteiger partial charge in [-0.2, -0.15) is 0 Å². The minimum atomic E-state index is 0.0813. The van der Waals surface area contributed by atoms with Crippen molar-refractivity contribution in [1.29, 1.82) is 0 Å². The third-order valence-electron chi connectivity index (χ3n) is 2.92. The van der Waals surface area contributed by atoms with E-state index in [1.54, 1.807) is 18.4 Å². The molecular weight excluding hydrogens is 232 g/mol. The fourth-order valence-corrected chi connectivity index (χ4v) is 2.54. The van der Waals surface area contributed by atoms with Crippen LogP contribution in [0.15, 0.2) is 18.2 Å². The van der Waals surface area contributed by atoms with Crippen LogP contribution in [0.3, 0.4) is 0 Å². The van der Waals surface area contributed by atoms with Crippen molar-refractivity contribution in [3.63, 3.8) is 0 Å². The van der Waals surface area contributed by atoms with Crippen molar-refractivity contribution in [3.8, 4) is 5.75 Å². The number of benzene rings is 1. The molecule has 0 saturated carbocycles. The molecule has 0 aliphatic heterocycles. The molecule has 3 nitrogen and oxygen atoms in total. The number of hydrogen-bond acceptors (Lipinski definition) is 4. The standard InChI is InChI=1S/C13H18N2OS/c1-5-13(2,3)15-12-14-10-7-6-9(16-4)8-11(10)17-12/h6-8H,5H2,1-4H3,(H,14,15). The molecule has 1 aromatic heterocycles. The smallest absolute Gasteiger partial charge is 0.184 e. The van der Waals surface area contributed by atoms with E-state index in [9.17, 15) is 0 Å². The molecule has 0 aliphatic rings. The van der Waals surface area contributed by atoms with Gasteiger partial charge in [-0.1, -0.05) is 18.3 Å². The topological polar surface area (TPSA) is 34.2 Å². The first-order chi connectivity index (χ1) is 8.04. The molecule has 0 unspecified atom stereocenters. The van der Waals surface area contributed by atoms with Crippen molar-refractivity contribution in [1.82, 2.24) is 4.98 Å². The van der Waals surface area contributed by atoms with E-state index in [4.69, 9.17) is 4.74 Å². The number of ether oxygens (including phenoxy) is 1. The van der Waals surface area contributed by atoms with Gasteiger partial charge in [-0.15, -0.1) is 0 Å². The fraction of sp³-hybridized carbons (Fsp3) is 0.462. The van der Waals surface area contributed by atoms with Gasteiger partial charge in [-0.3, -0.25) is 0 Å². The van der Waals surface area contributed by atoms with Crippen molar-refractivity contribution in [2.24, 2.45) is 0 Å². The normalized spacial score (nSPS) is 11.8. The molecular formula is C13H18N2OS. The Balaban J connectivity index is 2.31. The number of rotatable bonds is 4. The summed E-state index contributed by atoms with van der Waals surface area (Å²) in [4.78, 5) is 4.57. The van der Waals surface area contributed by atoms with Crippen LogP contribution in [-0.4, -0.2) is 17.6 Å². The molecule has 2 aromatic rings. The maximum atomic E-state index is 5.21. The summed E-state index contributed by atoms with van der Waals surface area (Å²) in [5.41, 5.74) is 1.10. The maximum Gasteiger partial charge on any atom is 0.184 e. The minimum absolute atomic E-state index is 0.0813. The first-order valence-corrected chi connectivity index (χ1v) is 6.58.